The van der Waals surface area contributed by atoms with E-state index in [0.717, 1.165) is 12.1 Å². The number of primary sulfonamides is 1. The van der Waals surface area contributed by atoms with Crippen molar-refractivity contribution in [2.24, 2.45) is 5.14 Å². The van der Waals surface area contributed by atoms with Crippen molar-refractivity contribution >= 4 is 50.6 Å². The monoisotopic (exact) mass is 573 g/mol. The molecule has 0 fully saturated rings. The van der Waals surface area contributed by atoms with E-state index in [1.807, 2.05) is 0 Å². The molecule has 0 saturated heterocycles. The van der Waals surface area contributed by atoms with Gasteiger partial charge in [-0.2, -0.15) is 4.98 Å². The van der Waals surface area contributed by atoms with Crippen molar-refractivity contribution in [2.45, 2.75) is 11.3 Å². The summed E-state index contributed by atoms with van der Waals surface area (Å²) >= 11 is 0. The number of carbonyl (C=O) groups excluding carboxylic acids is 1. The molecule has 3 aromatic carbocycles. The molecule has 208 valence electrons. The van der Waals surface area contributed by atoms with Crippen molar-refractivity contribution in [1.82, 2.24) is 9.97 Å². The van der Waals surface area contributed by atoms with E-state index in [0.29, 0.717) is 17.2 Å². The Balaban J connectivity index is 1.39. The molecule has 1 aromatic heterocycles. The van der Waals surface area contributed by atoms with Crippen LogP contribution in [-0.2, 0) is 10.0 Å². The van der Waals surface area contributed by atoms with Crippen molar-refractivity contribution in [1.29, 1.82) is 0 Å². The average Bonchev–Trinajstić information content (AvgIpc) is 2.89. The fraction of sp³-hybridized carbons (Fsp3) is 0.0800. The minimum Gasteiger partial charge on any atom is -0.406 e. The number of anilines is 6. The molecule has 11 nitrogen and oxygen atoms in total. The number of amides is 2. The van der Waals surface area contributed by atoms with E-state index >= 15 is 0 Å². The van der Waals surface area contributed by atoms with Gasteiger partial charge in [-0.15, -0.1) is 13.2 Å². The average molecular weight is 574 g/mol. The van der Waals surface area contributed by atoms with Gasteiger partial charge in [0.15, 0.2) is 0 Å². The van der Waals surface area contributed by atoms with E-state index in [1.54, 1.807) is 60.5 Å². The number of urea groups is 1. The van der Waals surface area contributed by atoms with Crippen LogP contribution in [0.5, 0.6) is 5.75 Å². The smallest absolute Gasteiger partial charge is 0.406 e. The van der Waals surface area contributed by atoms with Crippen LogP contribution in [0, 0.1) is 0 Å². The Morgan fingerprint density at radius 3 is 2.12 bits per heavy atom. The highest BCUT2D eigenvalue weighted by Crippen LogP contribution is 2.27. The molecule has 0 saturated carbocycles. The molecule has 1 heterocycles. The van der Waals surface area contributed by atoms with Gasteiger partial charge >= 0.3 is 12.4 Å². The topological polar surface area (TPSA) is 152 Å². The quantitative estimate of drug-likeness (QED) is 0.225. The number of nitrogens with one attached hydrogen (secondary N) is 3. The number of benzene rings is 3. The van der Waals surface area contributed by atoms with E-state index in [1.165, 1.54) is 24.4 Å². The Labute approximate surface area is 226 Å². The maximum absolute atomic E-state index is 12.3. The first-order valence-electron chi connectivity index (χ1n) is 11.4. The Morgan fingerprint density at radius 2 is 1.52 bits per heavy atom. The molecule has 0 bridgehead atoms. The Bertz CT molecular complexity index is 1600. The molecule has 0 aliphatic rings. The number of aromatic nitrogens is 2. The van der Waals surface area contributed by atoms with Gasteiger partial charge in [-0.25, -0.2) is 23.3 Å². The minimum absolute atomic E-state index is 0.100. The summed E-state index contributed by atoms with van der Waals surface area (Å²) < 4.78 is 64.4. The van der Waals surface area contributed by atoms with Crippen LogP contribution in [0.25, 0.3) is 0 Å². The third-order valence-corrected chi connectivity index (χ3v) is 6.25. The maximum atomic E-state index is 12.3. The molecule has 2 amide bonds. The van der Waals surface area contributed by atoms with Crippen molar-refractivity contribution in [3.63, 3.8) is 0 Å². The largest absolute Gasteiger partial charge is 0.573 e. The molecule has 15 heteroatoms. The second-order valence-corrected chi connectivity index (χ2v) is 9.69. The number of ether oxygens (including phenoxy) is 1. The van der Waals surface area contributed by atoms with Gasteiger partial charge in [0.05, 0.1) is 5.69 Å². The SMILES string of the molecule is CN(c1ccc(NC(=O)Nc2ccc(OC(F)(F)F)cc2)cc1)c1ccnc(Nc2ccccc2S(N)(=O)=O)n1. The standard InChI is InChI=1S/C25H22F3N7O4S/c1-35(22-14-15-30-23(34-22)33-20-4-2-3-5-21(20)40(29,37)38)18-10-6-16(7-11-18)31-24(36)32-17-8-12-19(13-9-17)39-25(26,27)28/h2-15H,1H3,(H2,29,37,38)(H,30,33,34)(H2,31,32,36). The van der Waals surface area contributed by atoms with Gasteiger partial charge in [-0.1, -0.05) is 12.1 Å². The van der Waals surface area contributed by atoms with Crippen LogP contribution in [-0.4, -0.2) is 37.8 Å². The number of hydrogen-bond donors (Lipinski definition) is 4. The third-order valence-electron chi connectivity index (χ3n) is 5.28. The number of alkyl halides is 3. The molecule has 0 aliphatic carbocycles. The van der Waals surface area contributed by atoms with Crippen molar-refractivity contribution in [3.8, 4) is 5.75 Å². The van der Waals surface area contributed by atoms with Gasteiger partial charge in [-0.05, 0) is 66.7 Å². The number of para-hydroxylation sites is 1. The summed E-state index contributed by atoms with van der Waals surface area (Å²) in [6, 6.07) is 18.6. The van der Waals surface area contributed by atoms with E-state index in [2.05, 4.69) is 30.7 Å². The summed E-state index contributed by atoms with van der Waals surface area (Å²) in [5, 5.41) is 13.3. The number of halogens is 3. The van der Waals surface area contributed by atoms with Crippen LogP contribution >= 0.6 is 0 Å². The molecule has 0 radical (unpaired) electrons. The highest BCUT2D eigenvalue weighted by atomic mass is 32.2. The first kappa shape index (κ1) is 28.1. The zero-order valence-electron chi connectivity index (χ0n) is 20.7. The lowest BCUT2D eigenvalue weighted by Gasteiger charge is -2.19. The van der Waals surface area contributed by atoms with E-state index < -0.39 is 28.2 Å². The molecule has 0 unspecified atom stereocenters. The van der Waals surface area contributed by atoms with E-state index in [9.17, 15) is 26.4 Å². The number of nitrogens with two attached hydrogens (primary N) is 1. The van der Waals surface area contributed by atoms with E-state index in [-0.39, 0.29) is 22.2 Å². The molecule has 4 aromatic rings. The lowest BCUT2D eigenvalue weighted by atomic mass is 10.2. The summed E-state index contributed by atoms with van der Waals surface area (Å²) in [7, 11) is -2.21. The fourth-order valence-electron chi connectivity index (χ4n) is 3.47. The molecule has 5 N–H and O–H groups in total. The second-order valence-electron chi connectivity index (χ2n) is 8.16. The predicted octanol–water partition coefficient (Wildman–Crippen LogP) is 5.18. The second kappa shape index (κ2) is 11.5. The molecule has 0 aliphatic heterocycles. The van der Waals surface area contributed by atoms with Gasteiger partial charge < -0.3 is 25.6 Å². The van der Waals surface area contributed by atoms with Gasteiger partial charge in [-0.3, -0.25) is 0 Å². The molecular formula is C25H22F3N7O4S. The Kier molecular flexibility index (Phi) is 8.06. The Hall–Kier alpha value is -4.89. The Morgan fingerprint density at radius 1 is 0.925 bits per heavy atom. The molecule has 4 rings (SSSR count). The van der Waals surface area contributed by atoms with Crippen molar-refractivity contribution in [3.05, 3.63) is 85.1 Å². The first-order valence-corrected chi connectivity index (χ1v) is 12.9. The predicted molar refractivity (Wildman–Crippen MR) is 143 cm³/mol. The fourth-order valence-corrected chi connectivity index (χ4v) is 4.16. The number of rotatable bonds is 8. The minimum atomic E-state index is -4.80. The summed E-state index contributed by atoms with van der Waals surface area (Å²) in [4.78, 5) is 22.5. The van der Waals surface area contributed by atoms with Crippen molar-refractivity contribution in [2.75, 3.05) is 27.9 Å². The molecule has 40 heavy (non-hydrogen) atoms. The zero-order chi connectivity index (χ0) is 28.9. The van der Waals surface area contributed by atoms with E-state index in [4.69, 9.17) is 5.14 Å². The highest BCUT2D eigenvalue weighted by Gasteiger charge is 2.31. The third kappa shape index (κ3) is 7.58. The maximum Gasteiger partial charge on any atom is 0.573 e. The van der Waals surface area contributed by atoms with Crippen LogP contribution in [0.2, 0.25) is 0 Å². The lowest BCUT2D eigenvalue weighted by molar-refractivity contribution is -0.274. The highest BCUT2D eigenvalue weighted by molar-refractivity contribution is 7.89. The molecular weight excluding hydrogens is 551 g/mol. The van der Waals surface area contributed by atoms with Crippen LogP contribution < -0.4 is 30.7 Å². The summed E-state index contributed by atoms with van der Waals surface area (Å²) in [6.45, 7) is 0. The van der Waals surface area contributed by atoms with Gasteiger partial charge in [0.25, 0.3) is 0 Å². The number of carbonyl (C=O) groups is 1. The van der Waals surface area contributed by atoms with Crippen LogP contribution in [0.4, 0.5) is 52.5 Å². The zero-order valence-corrected chi connectivity index (χ0v) is 21.5. The molecule has 0 spiro atoms. The van der Waals surface area contributed by atoms with Crippen molar-refractivity contribution < 1.29 is 31.1 Å². The first-order chi connectivity index (χ1) is 18.9. The summed E-state index contributed by atoms with van der Waals surface area (Å²) in [5.74, 6) is 0.230. The summed E-state index contributed by atoms with van der Waals surface area (Å²) in [6.07, 6.45) is -3.30. The number of nitrogens with zero attached hydrogens (tertiary/aromatic N) is 3. The summed E-state index contributed by atoms with van der Waals surface area (Å²) in [5.41, 5.74) is 1.66. The van der Waals surface area contributed by atoms with Crippen LogP contribution in [0.3, 0.4) is 0 Å². The number of hydrogen-bond acceptors (Lipinski definition) is 8. The molecule has 0 atom stereocenters. The van der Waals surface area contributed by atoms with Gasteiger partial charge in [0.1, 0.15) is 16.5 Å². The normalized spacial score (nSPS) is 11.4. The van der Waals surface area contributed by atoms with Gasteiger partial charge in [0, 0.05) is 30.3 Å². The lowest BCUT2D eigenvalue weighted by Crippen LogP contribution is -2.20. The van der Waals surface area contributed by atoms with Crippen LogP contribution in [0.15, 0.2) is 90.0 Å². The van der Waals surface area contributed by atoms with Gasteiger partial charge in [0.2, 0.25) is 16.0 Å². The number of sulfonamides is 1. The van der Waals surface area contributed by atoms with Crippen LogP contribution in [0.1, 0.15) is 0 Å².